The second-order valence-electron chi connectivity index (χ2n) is 9.02. The number of carbonyl (C=O) groups is 1. The molecule has 1 amide bonds. The van der Waals surface area contributed by atoms with E-state index in [9.17, 15) is 27.9 Å². The first-order chi connectivity index (χ1) is 16.5. The van der Waals surface area contributed by atoms with E-state index in [2.05, 4.69) is 10.3 Å². The van der Waals surface area contributed by atoms with Gasteiger partial charge in [0.25, 0.3) is 5.91 Å². The van der Waals surface area contributed by atoms with Gasteiger partial charge in [0.1, 0.15) is 17.1 Å². The van der Waals surface area contributed by atoms with Gasteiger partial charge < -0.3 is 15.3 Å². The van der Waals surface area contributed by atoms with Gasteiger partial charge in [-0.25, -0.2) is 22.5 Å². The van der Waals surface area contributed by atoms with Gasteiger partial charge in [0.15, 0.2) is 28.9 Å². The Hall–Kier alpha value is -3.47. The van der Waals surface area contributed by atoms with Crippen molar-refractivity contribution < 1.29 is 27.5 Å². The average Bonchev–Trinajstić information content (AvgIpc) is 3.20. The highest BCUT2D eigenvalue weighted by Gasteiger charge is 2.28. The van der Waals surface area contributed by atoms with E-state index in [0.717, 1.165) is 16.8 Å². The summed E-state index contributed by atoms with van der Waals surface area (Å²) in [5.74, 6) is -5.70. The summed E-state index contributed by atoms with van der Waals surface area (Å²) in [7, 11) is 0. The van der Waals surface area contributed by atoms with Crippen LogP contribution in [0.4, 0.5) is 23.4 Å². The summed E-state index contributed by atoms with van der Waals surface area (Å²) in [6, 6.07) is 1.40. The third-order valence-electron chi connectivity index (χ3n) is 6.20. The van der Waals surface area contributed by atoms with E-state index in [0.29, 0.717) is 18.6 Å². The van der Waals surface area contributed by atoms with E-state index in [-0.39, 0.29) is 41.9 Å². The molecule has 1 fully saturated rings. The van der Waals surface area contributed by atoms with Gasteiger partial charge >= 0.3 is 0 Å². The molecule has 0 spiro atoms. The van der Waals surface area contributed by atoms with Gasteiger partial charge in [-0.3, -0.25) is 14.2 Å². The molecule has 4 rings (SSSR count). The lowest BCUT2D eigenvalue weighted by Crippen LogP contribution is -2.38. The highest BCUT2D eigenvalue weighted by Crippen LogP contribution is 2.28. The third-order valence-corrected chi connectivity index (χ3v) is 6.20. The topological polar surface area (TPSA) is 87.5 Å². The van der Waals surface area contributed by atoms with Crippen molar-refractivity contribution in [1.82, 2.24) is 14.9 Å². The summed E-state index contributed by atoms with van der Waals surface area (Å²) in [6.45, 7) is 5.77. The van der Waals surface area contributed by atoms with Gasteiger partial charge in [-0.05, 0) is 25.3 Å². The first-order valence-corrected chi connectivity index (χ1v) is 11.1. The Morgan fingerprint density at radius 3 is 2.34 bits per heavy atom. The Balaban J connectivity index is 2.01. The van der Waals surface area contributed by atoms with E-state index in [1.807, 2.05) is 13.8 Å². The molecule has 1 aliphatic rings. The van der Waals surface area contributed by atoms with Crippen molar-refractivity contribution in [1.29, 1.82) is 0 Å². The Morgan fingerprint density at radius 2 is 1.77 bits per heavy atom. The summed E-state index contributed by atoms with van der Waals surface area (Å²) in [5.41, 5.74) is -2.48. The Labute approximate surface area is 198 Å². The number of fused-ring (bicyclic) bond motifs is 1. The Morgan fingerprint density at radius 1 is 1.11 bits per heavy atom. The Bertz CT molecular complexity index is 1350. The van der Waals surface area contributed by atoms with Crippen LogP contribution in [-0.2, 0) is 0 Å². The molecular formula is C24H24F4N4O3. The fourth-order valence-corrected chi connectivity index (χ4v) is 3.92. The molecule has 35 heavy (non-hydrogen) atoms. The van der Waals surface area contributed by atoms with Crippen molar-refractivity contribution >= 4 is 22.8 Å². The van der Waals surface area contributed by atoms with Crippen LogP contribution in [-0.4, -0.2) is 45.8 Å². The molecule has 2 atom stereocenters. The van der Waals surface area contributed by atoms with E-state index in [4.69, 9.17) is 0 Å². The van der Waals surface area contributed by atoms with Crippen molar-refractivity contribution in [3.63, 3.8) is 0 Å². The van der Waals surface area contributed by atoms with Gasteiger partial charge in [0.05, 0.1) is 11.5 Å². The fraction of sp³-hybridized carbons (Fsp3) is 0.375. The molecule has 1 aromatic carbocycles. The summed E-state index contributed by atoms with van der Waals surface area (Å²) in [6.07, 6.45) is 0.565. The predicted molar refractivity (Wildman–Crippen MR) is 122 cm³/mol. The van der Waals surface area contributed by atoms with E-state index in [1.54, 1.807) is 6.92 Å². The number of aliphatic hydroxyl groups excluding tert-OH is 1. The monoisotopic (exact) mass is 492 g/mol. The van der Waals surface area contributed by atoms with E-state index < -0.39 is 52.0 Å². The molecule has 7 nitrogen and oxygen atoms in total. The Kier molecular flexibility index (Phi) is 6.54. The molecule has 2 N–H and O–H groups in total. The molecule has 1 aliphatic heterocycles. The second-order valence-corrected chi connectivity index (χ2v) is 9.02. The molecule has 0 saturated carbocycles. The number of aromatic nitrogens is 2. The number of rotatable bonds is 5. The van der Waals surface area contributed by atoms with Gasteiger partial charge in [0, 0.05) is 37.5 Å². The van der Waals surface area contributed by atoms with Crippen molar-refractivity contribution in [2.24, 2.45) is 5.92 Å². The zero-order valence-electron chi connectivity index (χ0n) is 19.3. The minimum atomic E-state index is -1.31. The predicted octanol–water partition coefficient (Wildman–Crippen LogP) is 3.29. The normalized spacial score (nSPS) is 16.8. The molecular weight excluding hydrogens is 468 g/mol. The largest absolute Gasteiger partial charge is 0.391 e. The highest BCUT2D eigenvalue weighted by molar-refractivity contribution is 5.97. The summed E-state index contributed by atoms with van der Waals surface area (Å²) >= 11 is 0. The van der Waals surface area contributed by atoms with Gasteiger partial charge in [-0.2, -0.15) is 0 Å². The van der Waals surface area contributed by atoms with Crippen molar-refractivity contribution in [3.8, 4) is 5.69 Å². The van der Waals surface area contributed by atoms with Crippen LogP contribution < -0.4 is 15.6 Å². The van der Waals surface area contributed by atoms with E-state index >= 15 is 4.39 Å². The molecule has 3 heterocycles. The van der Waals surface area contributed by atoms with E-state index in [1.165, 1.54) is 4.90 Å². The number of β-amino-alcohol motifs (C(OH)–C–C–N with tert-alkyl or cyclic N) is 1. The van der Waals surface area contributed by atoms with Crippen LogP contribution in [0, 0.1) is 29.2 Å². The zero-order chi connectivity index (χ0) is 25.6. The summed E-state index contributed by atoms with van der Waals surface area (Å²) in [5, 5.41) is 12.1. The third kappa shape index (κ3) is 4.60. The lowest BCUT2D eigenvalue weighted by molar-refractivity contribution is 0.0929. The van der Waals surface area contributed by atoms with Crippen LogP contribution in [0.25, 0.3) is 16.7 Å². The number of benzene rings is 1. The number of pyridine rings is 2. The van der Waals surface area contributed by atoms with Crippen LogP contribution in [0.5, 0.6) is 0 Å². The number of hydrogen-bond acceptors (Lipinski definition) is 5. The van der Waals surface area contributed by atoms with Gasteiger partial charge in [-0.1, -0.05) is 13.8 Å². The molecule has 2 aromatic heterocycles. The quantitative estimate of drug-likeness (QED) is 0.534. The zero-order valence-corrected chi connectivity index (χ0v) is 19.3. The lowest BCUT2D eigenvalue weighted by Gasteiger charge is -2.21. The van der Waals surface area contributed by atoms with Crippen molar-refractivity contribution in [3.05, 3.63) is 63.5 Å². The van der Waals surface area contributed by atoms with Crippen LogP contribution in [0.3, 0.4) is 0 Å². The maximum Gasteiger partial charge on any atom is 0.257 e. The molecule has 0 aliphatic carbocycles. The molecule has 186 valence electrons. The number of halogens is 4. The van der Waals surface area contributed by atoms with Gasteiger partial charge in [-0.15, -0.1) is 0 Å². The van der Waals surface area contributed by atoms with Crippen molar-refractivity contribution in [2.45, 2.75) is 39.3 Å². The number of nitrogens with one attached hydrogen (secondary N) is 1. The van der Waals surface area contributed by atoms with Crippen LogP contribution in [0.1, 0.15) is 37.6 Å². The fourth-order valence-electron chi connectivity index (χ4n) is 3.92. The standard InChI is InChI=1S/C24H24F4N4O3/c1-11(2)12(3)29-24(35)16-10-32(20-17(26)6-13(25)7-18(20)27)22-15(21(16)34)8-19(28)23(30-22)31-5-4-14(33)9-31/h6-8,10-12,14,33H,4-5,9H2,1-3H3,(H,29,35)/t12-,14+/m1/s1. The van der Waals surface area contributed by atoms with Gasteiger partial charge in [0.2, 0.25) is 5.43 Å². The smallest absolute Gasteiger partial charge is 0.257 e. The van der Waals surface area contributed by atoms with Crippen molar-refractivity contribution in [2.75, 3.05) is 18.0 Å². The first-order valence-electron chi connectivity index (χ1n) is 11.1. The van der Waals surface area contributed by atoms with Crippen LogP contribution in [0.2, 0.25) is 0 Å². The molecule has 0 radical (unpaired) electrons. The summed E-state index contributed by atoms with van der Waals surface area (Å²) < 4.78 is 59.0. The maximum atomic E-state index is 15.0. The molecule has 0 bridgehead atoms. The highest BCUT2D eigenvalue weighted by atomic mass is 19.1. The lowest BCUT2D eigenvalue weighted by atomic mass is 10.1. The summed E-state index contributed by atoms with van der Waals surface area (Å²) in [4.78, 5) is 31.7. The molecule has 3 aromatic rings. The number of carbonyl (C=O) groups excluding carboxylic acids is 1. The number of anilines is 1. The second kappa shape index (κ2) is 9.29. The van der Waals surface area contributed by atoms with Crippen LogP contribution >= 0.6 is 0 Å². The maximum absolute atomic E-state index is 15.0. The van der Waals surface area contributed by atoms with Crippen LogP contribution in [0.15, 0.2) is 29.2 Å². The number of aliphatic hydroxyl groups is 1. The molecule has 0 unspecified atom stereocenters. The first kappa shape index (κ1) is 24.6. The minimum absolute atomic E-state index is 0.0195. The number of hydrogen-bond donors (Lipinski definition) is 2. The average molecular weight is 492 g/mol. The molecule has 1 saturated heterocycles. The number of nitrogens with zero attached hydrogens (tertiary/aromatic N) is 3. The molecule has 11 heteroatoms. The number of amides is 1. The minimum Gasteiger partial charge on any atom is -0.391 e. The SMILES string of the molecule is CC(C)[C@@H](C)NC(=O)c1cn(-c2c(F)cc(F)cc2F)c2nc(N3CC[C@H](O)C3)c(F)cc2c1=O.